The van der Waals surface area contributed by atoms with Crippen molar-refractivity contribution in [3.8, 4) is 11.5 Å². The molecule has 4 rings (SSSR count). The van der Waals surface area contributed by atoms with Crippen molar-refractivity contribution >= 4 is 45.1 Å². The lowest BCUT2D eigenvalue weighted by atomic mass is 10.0. The average molecular weight is 475 g/mol. The van der Waals surface area contributed by atoms with Crippen LogP contribution in [0.4, 0.5) is 0 Å². The number of fused-ring (bicyclic) bond motifs is 2. The predicted octanol–water partition coefficient (Wildman–Crippen LogP) is 5.73. The van der Waals surface area contributed by atoms with Crippen LogP contribution in [0.5, 0.6) is 11.5 Å². The second-order valence-corrected chi connectivity index (χ2v) is 9.81. The molecule has 1 aliphatic rings. The van der Waals surface area contributed by atoms with E-state index < -0.39 is 0 Å². The van der Waals surface area contributed by atoms with Gasteiger partial charge in [-0.25, -0.2) is 0 Å². The fourth-order valence-electron chi connectivity index (χ4n) is 3.57. The maximum absolute atomic E-state index is 11.0. The molecule has 0 aromatic heterocycles. The molecule has 0 saturated carbocycles. The Bertz CT molecular complexity index is 1080. The van der Waals surface area contributed by atoms with Gasteiger partial charge in [-0.2, -0.15) is 0 Å². The van der Waals surface area contributed by atoms with Crippen molar-refractivity contribution in [2.75, 3.05) is 38.9 Å². The Balaban J connectivity index is 1.55. The summed E-state index contributed by atoms with van der Waals surface area (Å²) in [6.07, 6.45) is 4.23. The summed E-state index contributed by atoms with van der Waals surface area (Å²) in [7, 11) is 0. The van der Waals surface area contributed by atoms with Crippen molar-refractivity contribution in [3.05, 3.63) is 36.4 Å². The van der Waals surface area contributed by atoms with Gasteiger partial charge in [-0.05, 0) is 62.8 Å². The molecule has 0 amide bonds. The Kier molecular flexibility index (Phi) is 7.74. The Morgan fingerprint density at radius 1 is 0.906 bits per heavy atom. The minimum absolute atomic E-state index is 0.00563. The highest BCUT2D eigenvalue weighted by molar-refractivity contribution is 7.98. The summed E-state index contributed by atoms with van der Waals surface area (Å²) in [6.45, 7) is 6.33. The molecule has 1 fully saturated rings. The second-order valence-electron chi connectivity index (χ2n) is 8.06. The monoisotopic (exact) mass is 474 g/mol. The van der Waals surface area contributed by atoms with Crippen LogP contribution in [0, 0.1) is 0 Å². The zero-order valence-corrected chi connectivity index (χ0v) is 20.6. The highest BCUT2D eigenvalue weighted by Crippen LogP contribution is 2.44. The van der Waals surface area contributed by atoms with E-state index in [9.17, 15) is 5.11 Å². The third-order valence-corrected chi connectivity index (χ3v) is 6.95. The molecule has 32 heavy (non-hydrogen) atoms. The highest BCUT2D eigenvalue weighted by Gasteiger charge is 2.23. The van der Waals surface area contributed by atoms with Gasteiger partial charge in [0.05, 0.1) is 32.0 Å². The van der Waals surface area contributed by atoms with E-state index in [-0.39, 0.29) is 18.3 Å². The Morgan fingerprint density at radius 3 is 2.19 bits per heavy atom. The zero-order chi connectivity index (χ0) is 22.7. The highest BCUT2D eigenvalue weighted by atomic mass is 32.2. The van der Waals surface area contributed by atoms with E-state index in [1.807, 2.05) is 50.6 Å². The molecule has 0 radical (unpaired) electrons. The van der Waals surface area contributed by atoms with E-state index in [2.05, 4.69) is 12.1 Å². The van der Waals surface area contributed by atoms with Crippen molar-refractivity contribution in [2.24, 2.45) is 0 Å². The van der Waals surface area contributed by atoms with E-state index in [0.717, 1.165) is 43.7 Å². The van der Waals surface area contributed by atoms with Crippen LogP contribution < -0.4 is 4.74 Å². The summed E-state index contributed by atoms with van der Waals surface area (Å²) in [6, 6.07) is 12.2. The number of hydrogen-bond acceptors (Lipinski definition) is 7. The minimum Gasteiger partial charge on any atom is -0.507 e. The molecule has 7 heteroatoms. The molecule has 0 spiro atoms. The second kappa shape index (κ2) is 10.5. The van der Waals surface area contributed by atoms with Crippen molar-refractivity contribution in [2.45, 2.75) is 42.0 Å². The van der Waals surface area contributed by atoms with E-state index in [1.54, 1.807) is 23.5 Å². The topological polar surface area (TPSA) is 60.5 Å². The van der Waals surface area contributed by atoms with Crippen molar-refractivity contribution < 1.29 is 24.1 Å². The molecule has 3 aromatic rings. The molecular formula is C25H30O5S2. The SMILES string of the molecule is CSc1ccc2c(OCC(C)OCC(C)OCC3CO3)c3cc(SC)ccc3c(O)c2c1. The molecule has 3 atom stereocenters. The summed E-state index contributed by atoms with van der Waals surface area (Å²) >= 11 is 3.32. The molecule has 1 N–H and O–H groups in total. The van der Waals surface area contributed by atoms with Crippen LogP contribution in [-0.4, -0.2) is 62.4 Å². The summed E-state index contributed by atoms with van der Waals surface area (Å²) in [4.78, 5) is 2.22. The molecular weight excluding hydrogens is 444 g/mol. The molecule has 172 valence electrons. The predicted molar refractivity (Wildman–Crippen MR) is 133 cm³/mol. The van der Waals surface area contributed by atoms with Crippen LogP contribution in [0.2, 0.25) is 0 Å². The zero-order valence-electron chi connectivity index (χ0n) is 18.9. The third kappa shape index (κ3) is 5.46. The van der Waals surface area contributed by atoms with E-state index in [0.29, 0.717) is 25.6 Å². The number of phenols is 1. The first-order valence-electron chi connectivity index (χ1n) is 10.8. The molecule has 3 aromatic carbocycles. The fourth-order valence-corrected chi connectivity index (χ4v) is 4.45. The Hall–Kier alpha value is -1.64. The number of thioether (sulfide) groups is 2. The maximum Gasteiger partial charge on any atom is 0.135 e. The summed E-state index contributed by atoms with van der Waals surface area (Å²) < 4.78 is 23.2. The van der Waals surface area contributed by atoms with Crippen molar-refractivity contribution in [1.82, 2.24) is 0 Å². The molecule has 0 bridgehead atoms. The summed E-state index contributed by atoms with van der Waals surface area (Å²) in [5.41, 5.74) is 0. The summed E-state index contributed by atoms with van der Waals surface area (Å²) in [5.74, 6) is 1.07. The van der Waals surface area contributed by atoms with Crippen molar-refractivity contribution in [3.63, 3.8) is 0 Å². The summed E-state index contributed by atoms with van der Waals surface area (Å²) in [5, 5.41) is 14.4. The minimum atomic E-state index is -0.105. The number of epoxide rings is 1. The lowest BCUT2D eigenvalue weighted by Gasteiger charge is -2.20. The normalized spacial score (nSPS) is 17.6. The smallest absolute Gasteiger partial charge is 0.135 e. The number of phenolic OH excluding ortho intramolecular Hbond substituents is 1. The van der Waals surface area contributed by atoms with Crippen LogP contribution in [-0.2, 0) is 14.2 Å². The largest absolute Gasteiger partial charge is 0.507 e. The van der Waals surface area contributed by atoms with Crippen LogP contribution in [0.1, 0.15) is 13.8 Å². The number of benzene rings is 3. The van der Waals surface area contributed by atoms with Crippen LogP contribution in [0.3, 0.4) is 0 Å². The average Bonchev–Trinajstić information content (AvgIpc) is 3.65. The Labute approximate surface area is 197 Å². The molecule has 5 nitrogen and oxygen atoms in total. The van der Waals surface area contributed by atoms with Gasteiger partial charge in [0.1, 0.15) is 24.2 Å². The quantitative estimate of drug-likeness (QED) is 0.216. The molecule has 1 saturated heterocycles. The van der Waals surface area contributed by atoms with Crippen LogP contribution >= 0.6 is 23.5 Å². The molecule has 0 aliphatic carbocycles. The van der Waals surface area contributed by atoms with E-state index >= 15 is 0 Å². The third-order valence-electron chi connectivity index (χ3n) is 5.50. The first-order chi connectivity index (χ1) is 15.5. The lowest BCUT2D eigenvalue weighted by molar-refractivity contribution is -0.0449. The standard InChI is InChI=1S/C25H30O5S2/c1-15(28-13-17-14-29-17)11-27-16(2)12-30-25-21-8-6-18(31-3)9-22(21)24(26)20-7-5-19(32-4)10-23(20)25/h5-10,15-17,26H,11-14H2,1-4H3. The van der Waals surface area contributed by atoms with Gasteiger partial charge in [0, 0.05) is 31.3 Å². The number of ether oxygens (including phenoxy) is 4. The Morgan fingerprint density at radius 2 is 1.53 bits per heavy atom. The van der Waals surface area contributed by atoms with Crippen LogP contribution in [0.25, 0.3) is 21.5 Å². The number of rotatable bonds is 11. The van der Waals surface area contributed by atoms with Crippen molar-refractivity contribution in [1.29, 1.82) is 0 Å². The first-order valence-corrected chi connectivity index (χ1v) is 13.2. The molecule has 1 heterocycles. The molecule has 1 aliphatic heterocycles. The number of hydrogen-bond donors (Lipinski definition) is 1. The number of aromatic hydroxyl groups is 1. The molecule has 3 unspecified atom stereocenters. The van der Waals surface area contributed by atoms with Gasteiger partial charge >= 0.3 is 0 Å². The van der Waals surface area contributed by atoms with Gasteiger partial charge in [-0.3, -0.25) is 0 Å². The van der Waals surface area contributed by atoms with Gasteiger partial charge in [0.25, 0.3) is 0 Å². The van der Waals surface area contributed by atoms with Crippen LogP contribution in [0.15, 0.2) is 46.2 Å². The maximum atomic E-state index is 11.0. The first kappa shape index (κ1) is 23.5. The van der Waals surface area contributed by atoms with Gasteiger partial charge in [0.2, 0.25) is 0 Å². The van der Waals surface area contributed by atoms with E-state index in [1.165, 1.54) is 0 Å². The van der Waals surface area contributed by atoms with Gasteiger partial charge < -0.3 is 24.1 Å². The van der Waals surface area contributed by atoms with Gasteiger partial charge in [-0.15, -0.1) is 23.5 Å². The van der Waals surface area contributed by atoms with Gasteiger partial charge in [0.15, 0.2) is 0 Å². The van der Waals surface area contributed by atoms with Gasteiger partial charge in [-0.1, -0.05) is 0 Å². The van der Waals surface area contributed by atoms with E-state index in [4.69, 9.17) is 18.9 Å². The fraction of sp³-hybridized carbons (Fsp3) is 0.440. The lowest BCUT2D eigenvalue weighted by Crippen LogP contribution is -2.25.